The molecule has 0 aliphatic rings. The molecule has 0 aliphatic heterocycles. The van der Waals surface area contributed by atoms with Crippen LogP contribution in [0, 0.1) is 19.7 Å². The number of aryl methyl sites for hydroxylation is 2. The number of benzene rings is 2. The van der Waals surface area contributed by atoms with Crippen LogP contribution in [0.2, 0.25) is 0 Å². The average molecular weight is 277 g/mol. The standard InChI is InChI=1S/C17H18ClF/c1-12-7-8-14(9-13(12)2)10-15(11-18)16-5-3-4-6-17(16)19/h3-9,15H,10-11H2,1-2H3. The SMILES string of the molecule is Cc1ccc(CC(CCl)c2ccccc2F)cc1C. The molecule has 19 heavy (non-hydrogen) atoms. The molecule has 2 aromatic rings. The molecule has 0 saturated heterocycles. The molecule has 100 valence electrons. The quantitative estimate of drug-likeness (QED) is 0.689. The topological polar surface area (TPSA) is 0 Å². The Labute approximate surface area is 119 Å². The van der Waals surface area contributed by atoms with E-state index in [9.17, 15) is 4.39 Å². The molecule has 0 spiro atoms. The minimum absolute atomic E-state index is 0.0185. The zero-order chi connectivity index (χ0) is 13.8. The number of hydrogen-bond acceptors (Lipinski definition) is 0. The predicted octanol–water partition coefficient (Wildman–Crippen LogP) is 5.01. The number of rotatable bonds is 4. The van der Waals surface area contributed by atoms with E-state index in [0.717, 1.165) is 6.42 Å². The Morgan fingerprint density at radius 2 is 1.79 bits per heavy atom. The van der Waals surface area contributed by atoms with Crippen molar-refractivity contribution in [1.29, 1.82) is 0 Å². The summed E-state index contributed by atoms with van der Waals surface area (Å²) >= 11 is 6.03. The van der Waals surface area contributed by atoms with E-state index < -0.39 is 0 Å². The van der Waals surface area contributed by atoms with Gasteiger partial charge in [0.05, 0.1) is 0 Å². The van der Waals surface area contributed by atoms with Gasteiger partial charge >= 0.3 is 0 Å². The summed E-state index contributed by atoms with van der Waals surface area (Å²) in [6, 6.07) is 13.3. The second-order valence-electron chi connectivity index (χ2n) is 5.00. The first-order chi connectivity index (χ1) is 9.11. The van der Waals surface area contributed by atoms with Crippen LogP contribution in [-0.4, -0.2) is 5.88 Å². The van der Waals surface area contributed by atoms with Gasteiger partial charge in [0.25, 0.3) is 0 Å². The van der Waals surface area contributed by atoms with Crippen LogP contribution in [0.3, 0.4) is 0 Å². The Bertz CT molecular complexity index is 563. The molecule has 2 heteroatoms. The molecule has 0 nitrogen and oxygen atoms in total. The molecule has 2 aromatic carbocycles. The van der Waals surface area contributed by atoms with Crippen molar-refractivity contribution >= 4 is 11.6 Å². The third kappa shape index (κ3) is 3.36. The minimum Gasteiger partial charge on any atom is -0.207 e. The third-order valence-corrected chi connectivity index (χ3v) is 3.96. The highest BCUT2D eigenvalue weighted by Gasteiger charge is 2.15. The van der Waals surface area contributed by atoms with Crippen molar-refractivity contribution in [2.45, 2.75) is 26.2 Å². The zero-order valence-corrected chi connectivity index (χ0v) is 12.0. The van der Waals surface area contributed by atoms with Crippen molar-refractivity contribution in [3.63, 3.8) is 0 Å². The van der Waals surface area contributed by atoms with Crippen LogP contribution >= 0.6 is 11.6 Å². The largest absolute Gasteiger partial charge is 0.207 e. The molecule has 2 rings (SSSR count). The van der Waals surface area contributed by atoms with Crippen LogP contribution in [-0.2, 0) is 6.42 Å². The van der Waals surface area contributed by atoms with Crippen LogP contribution in [0.15, 0.2) is 42.5 Å². The van der Waals surface area contributed by atoms with E-state index in [1.807, 2.05) is 12.1 Å². The summed E-state index contributed by atoms with van der Waals surface area (Å²) in [7, 11) is 0. The van der Waals surface area contributed by atoms with E-state index in [1.165, 1.54) is 22.8 Å². The van der Waals surface area contributed by atoms with E-state index in [-0.39, 0.29) is 11.7 Å². The first-order valence-electron chi connectivity index (χ1n) is 6.48. The van der Waals surface area contributed by atoms with Gasteiger partial charge < -0.3 is 0 Å². The van der Waals surface area contributed by atoms with Crippen LogP contribution in [0.1, 0.15) is 28.2 Å². The average Bonchev–Trinajstić information content (AvgIpc) is 2.41. The lowest BCUT2D eigenvalue weighted by molar-refractivity contribution is 0.589. The normalized spacial score (nSPS) is 12.4. The van der Waals surface area contributed by atoms with E-state index in [1.54, 1.807) is 6.07 Å². The maximum absolute atomic E-state index is 13.8. The first-order valence-corrected chi connectivity index (χ1v) is 7.01. The Morgan fingerprint density at radius 3 is 2.42 bits per heavy atom. The lowest BCUT2D eigenvalue weighted by Gasteiger charge is -2.16. The molecule has 0 bridgehead atoms. The Balaban J connectivity index is 2.24. The maximum atomic E-state index is 13.8. The summed E-state index contributed by atoms with van der Waals surface area (Å²) < 4.78 is 13.8. The second kappa shape index (κ2) is 6.21. The van der Waals surface area contributed by atoms with Crippen molar-refractivity contribution in [2.24, 2.45) is 0 Å². The van der Waals surface area contributed by atoms with Gasteiger partial charge in [-0.3, -0.25) is 0 Å². The van der Waals surface area contributed by atoms with Gasteiger partial charge in [0.2, 0.25) is 0 Å². The molecular weight excluding hydrogens is 259 g/mol. The third-order valence-electron chi connectivity index (χ3n) is 3.58. The second-order valence-corrected chi connectivity index (χ2v) is 5.30. The summed E-state index contributed by atoms with van der Waals surface area (Å²) in [6.45, 7) is 4.19. The fraction of sp³-hybridized carbons (Fsp3) is 0.294. The number of alkyl halides is 1. The fourth-order valence-corrected chi connectivity index (χ4v) is 2.54. The summed E-state index contributed by atoms with van der Waals surface area (Å²) in [5.74, 6) is 0.273. The molecule has 0 aliphatic carbocycles. The van der Waals surface area contributed by atoms with Crippen LogP contribution in [0.4, 0.5) is 4.39 Å². The smallest absolute Gasteiger partial charge is 0.126 e. The first kappa shape index (κ1) is 14.1. The van der Waals surface area contributed by atoms with Crippen LogP contribution < -0.4 is 0 Å². The summed E-state index contributed by atoms with van der Waals surface area (Å²) in [6.07, 6.45) is 0.769. The van der Waals surface area contributed by atoms with Crippen molar-refractivity contribution in [2.75, 3.05) is 5.88 Å². The van der Waals surface area contributed by atoms with Gasteiger partial charge in [0, 0.05) is 11.8 Å². The zero-order valence-electron chi connectivity index (χ0n) is 11.3. The highest BCUT2D eigenvalue weighted by molar-refractivity contribution is 6.18. The van der Waals surface area contributed by atoms with Crippen molar-refractivity contribution < 1.29 is 4.39 Å². The van der Waals surface area contributed by atoms with Crippen molar-refractivity contribution in [3.8, 4) is 0 Å². The van der Waals surface area contributed by atoms with E-state index in [2.05, 4.69) is 32.0 Å². The maximum Gasteiger partial charge on any atom is 0.126 e. The fourth-order valence-electron chi connectivity index (χ4n) is 2.27. The van der Waals surface area contributed by atoms with Crippen LogP contribution in [0.5, 0.6) is 0 Å². The van der Waals surface area contributed by atoms with Crippen molar-refractivity contribution in [3.05, 3.63) is 70.5 Å². The van der Waals surface area contributed by atoms with Gasteiger partial charge in [-0.05, 0) is 48.6 Å². The van der Waals surface area contributed by atoms with Crippen LogP contribution in [0.25, 0.3) is 0 Å². The molecular formula is C17H18ClF. The van der Waals surface area contributed by atoms with Gasteiger partial charge in [-0.15, -0.1) is 11.6 Å². The molecule has 0 radical (unpaired) electrons. The Hall–Kier alpha value is -1.34. The Morgan fingerprint density at radius 1 is 1.05 bits per heavy atom. The lowest BCUT2D eigenvalue weighted by Crippen LogP contribution is -2.07. The molecule has 1 unspecified atom stereocenters. The number of hydrogen-bond donors (Lipinski definition) is 0. The highest BCUT2D eigenvalue weighted by atomic mass is 35.5. The van der Waals surface area contributed by atoms with E-state index in [0.29, 0.717) is 11.4 Å². The molecule has 0 fully saturated rings. The summed E-state index contributed by atoms with van der Waals surface area (Å²) in [5.41, 5.74) is 4.45. The van der Waals surface area contributed by atoms with Gasteiger partial charge in [0.15, 0.2) is 0 Å². The van der Waals surface area contributed by atoms with Gasteiger partial charge in [0.1, 0.15) is 5.82 Å². The number of halogens is 2. The molecule has 0 N–H and O–H groups in total. The summed E-state index contributed by atoms with van der Waals surface area (Å²) in [4.78, 5) is 0. The molecule has 0 amide bonds. The predicted molar refractivity (Wildman–Crippen MR) is 79.5 cm³/mol. The molecule has 0 saturated carbocycles. The van der Waals surface area contributed by atoms with Gasteiger partial charge in [-0.2, -0.15) is 0 Å². The van der Waals surface area contributed by atoms with Gasteiger partial charge in [-0.1, -0.05) is 36.4 Å². The van der Waals surface area contributed by atoms with E-state index >= 15 is 0 Å². The van der Waals surface area contributed by atoms with Crippen molar-refractivity contribution in [1.82, 2.24) is 0 Å². The molecule has 1 atom stereocenters. The lowest BCUT2D eigenvalue weighted by atomic mass is 9.92. The highest BCUT2D eigenvalue weighted by Crippen LogP contribution is 2.25. The monoisotopic (exact) mass is 276 g/mol. The summed E-state index contributed by atoms with van der Waals surface area (Å²) in [5, 5.41) is 0. The molecule has 0 heterocycles. The Kier molecular flexibility index (Phi) is 4.60. The minimum atomic E-state index is -0.169. The van der Waals surface area contributed by atoms with Gasteiger partial charge in [-0.25, -0.2) is 4.39 Å². The molecule has 0 aromatic heterocycles. The van der Waals surface area contributed by atoms with E-state index in [4.69, 9.17) is 11.6 Å².